The molecule has 0 aliphatic carbocycles. The number of nitrogens with zero attached hydrogens (tertiary/aromatic N) is 5. The van der Waals surface area contributed by atoms with Gasteiger partial charge in [-0.3, -0.25) is 4.79 Å². The van der Waals surface area contributed by atoms with Crippen molar-refractivity contribution in [3.05, 3.63) is 117 Å². The zero-order chi connectivity index (χ0) is 31.3. The third-order valence-corrected chi connectivity index (χ3v) is 6.91. The van der Waals surface area contributed by atoms with Crippen LogP contribution in [-0.2, 0) is 4.89 Å². The summed E-state index contributed by atoms with van der Waals surface area (Å²) in [5.74, 6) is -1.27. The first-order chi connectivity index (χ1) is 20.6. The van der Waals surface area contributed by atoms with Crippen molar-refractivity contribution in [1.29, 1.82) is 5.26 Å². The number of hydrogen-bond acceptors (Lipinski definition) is 8. The van der Waals surface area contributed by atoms with Gasteiger partial charge >= 0.3 is 0 Å². The average Bonchev–Trinajstić information content (AvgIpc) is 3.00. The summed E-state index contributed by atoms with van der Waals surface area (Å²) in [6, 6.07) is 26.4. The first-order valence-electron chi connectivity index (χ1n) is 13.3. The highest BCUT2D eigenvalue weighted by molar-refractivity contribution is 5.79. The van der Waals surface area contributed by atoms with Gasteiger partial charge in [0.2, 0.25) is 11.8 Å². The lowest BCUT2D eigenvalue weighted by Gasteiger charge is -2.27. The van der Waals surface area contributed by atoms with Crippen molar-refractivity contribution in [1.82, 2.24) is 4.57 Å². The molecule has 0 saturated carbocycles. The van der Waals surface area contributed by atoms with Crippen LogP contribution in [0, 0.1) is 11.3 Å². The van der Waals surface area contributed by atoms with Crippen molar-refractivity contribution >= 4 is 53.1 Å². The summed E-state index contributed by atoms with van der Waals surface area (Å²) in [6.45, 7) is 7.17. The maximum Gasteiger partial charge on any atom is 0.268 e. The summed E-state index contributed by atoms with van der Waals surface area (Å²) in [5, 5.41) is 28.8. The molecule has 0 saturated heterocycles. The molecular weight excluding hydrogens is 542 g/mol. The van der Waals surface area contributed by atoms with Gasteiger partial charge in [0.15, 0.2) is 0 Å². The van der Waals surface area contributed by atoms with Gasteiger partial charge in [0.25, 0.3) is 5.56 Å². The predicted molar refractivity (Wildman–Crippen MR) is 174 cm³/mol. The molecular formula is C34H33N5O4. The number of anilines is 5. The van der Waals surface area contributed by atoms with E-state index in [1.807, 2.05) is 58.5 Å². The van der Waals surface area contributed by atoms with Crippen molar-refractivity contribution in [2.75, 3.05) is 42.9 Å². The van der Waals surface area contributed by atoms with Gasteiger partial charge in [-0.25, -0.2) is 9.82 Å². The Hall–Kier alpha value is -5.72. The minimum absolute atomic E-state index is 0.0361. The van der Waals surface area contributed by atoms with Crippen LogP contribution in [0.4, 0.5) is 28.4 Å². The van der Waals surface area contributed by atoms with Crippen LogP contribution < -0.4 is 30.7 Å². The molecule has 0 bridgehead atoms. The van der Waals surface area contributed by atoms with E-state index in [0.717, 1.165) is 34.0 Å². The topological polar surface area (TPSA) is 105 Å². The minimum Gasteiger partial charge on any atom is -0.493 e. The smallest absolute Gasteiger partial charge is 0.268 e. The standard InChI is InChI=1S/C34H33N5O4/c1-23-31(33(40)38(24(2)43-42)34(41)32(23)22-35)9-7-8-25-10-12-28(13-11-25)39(29-18-14-26(15-19-29)36(3)4)30-20-16-27(17-21-30)37(5)6/h7-21,41-42H,1-2H2,3-6H3/b8-7+,31-9-. The highest BCUT2D eigenvalue weighted by Crippen LogP contribution is 2.36. The van der Waals surface area contributed by atoms with Crippen LogP contribution in [-0.4, -0.2) is 43.1 Å². The lowest BCUT2D eigenvalue weighted by molar-refractivity contribution is -0.176. The Morgan fingerprint density at radius 1 is 0.860 bits per heavy atom. The fourth-order valence-electron chi connectivity index (χ4n) is 4.53. The quantitative estimate of drug-likeness (QED) is 0.166. The lowest BCUT2D eigenvalue weighted by atomic mass is 10.1. The van der Waals surface area contributed by atoms with Crippen molar-refractivity contribution in [3.8, 4) is 11.9 Å². The zero-order valence-electron chi connectivity index (χ0n) is 24.5. The molecule has 0 unspecified atom stereocenters. The molecule has 0 radical (unpaired) electrons. The van der Waals surface area contributed by atoms with Crippen molar-refractivity contribution in [2.45, 2.75) is 0 Å². The molecule has 0 spiro atoms. The van der Waals surface area contributed by atoms with E-state index in [2.05, 4.69) is 81.3 Å². The van der Waals surface area contributed by atoms with Crippen LogP contribution in [0.5, 0.6) is 5.88 Å². The molecule has 1 aromatic heterocycles. The zero-order valence-corrected chi connectivity index (χ0v) is 24.5. The Kier molecular flexibility index (Phi) is 9.04. The summed E-state index contributed by atoms with van der Waals surface area (Å²) >= 11 is 0. The summed E-state index contributed by atoms with van der Waals surface area (Å²) in [5.41, 5.74) is 5.05. The van der Waals surface area contributed by atoms with Gasteiger partial charge in [0.1, 0.15) is 11.6 Å². The van der Waals surface area contributed by atoms with Gasteiger partial charge in [-0.05, 0) is 78.9 Å². The SMILES string of the molecule is C=C(OO)n1c(O)c(C#N)c(=C)/c(=C/C=C/c2ccc(N(c3ccc(N(C)C)cc3)c3ccc(N(C)C)cc3)cc2)c1=O. The Bertz CT molecular complexity index is 1820. The molecule has 2 N–H and O–H groups in total. The van der Waals surface area contributed by atoms with E-state index in [4.69, 9.17) is 5.26 Å². The molecule has 0 aliphatic heterocycles. The molecule has 3 aromatic carbocycles. The van der Waals surface area contributed by atoms with Gasteiger partial charge in [-0.2, -0.15) is 5.26 Å². The van der Waals surface area contributed by atoms with Gasteiger partial charge in [-0.1, -0.05) is 30.9 Å². The molecule has 0 aliphatic rings. The van der Waals surface area contributed by atoms with Crippen molar-refractivity contribution < 1.29 is 15.3 Å². The molecule has 0 amide bonds. The largest absolute Gasteiger partial charge is 0.493 e. The maximum atomic E-state index is 13.0. The minimum atomic E-state index is -0.753. The number of allylic oxidation sites excluding steroid dienone is 1. The molecule has 9 heteroatoms. The highest BCUT2D eigenvalue weighted by Gasteiger charge is 2.16. The van der Waals surface area contributed by atoms with E-state index in [0.29, 0.717) is 4.57 Å². The maximum absolute atomic E-state index is 13.0. The normalized spacial score (nSPS) is 11.3. The van der Waals surface area contributed by atoms with Gasteiger partial charge in [0.05, 0.1) is 0 Å². The second kappa shape index (κ2) is 12.9. The highest BCUT2D eigenvalue weighted by atomic mass is 17.1. The second-order valence-corrected chi connectivity index (χ2v) is 10.1. The second-order valence-electron chi connectivity index (χ2n) is 10.1. The fraction of sp³-hybridized carbons (Fsp3) is 0.118. The fourth-order valence-corrected chi connectivity index (χ4v) is 4.53. The summed E-state index contributed by atoms with van der Waals surface area (Å²) in [4.78, 5) is 23.3. The molecule has 4 rings (SSSR count). The van der Waals surface area contributed by atoms with E-state index >= 15 is 0 Å². The first-order valence-corrected chi connectivity index (χ1v) is 13.3. The molecule has 4 aromatic rings. The van der Waals surface area contributed by atoms with Crippen LogP contribution in [0.3, 0.4) is 0 Å². The van der Waals surface area contributed by atoms with E-state index in [9.17, 15) is 15.2 Å². The third-order valence-electron chi connectivity index (χ3n) is 6.91. The number of hydrogen-bond donors (Lipinski definition) is 2. The molecule has 1 heterocycles. The summed E-state index contributed by atoms with van der Waals surface area (Å²) < 4.78 is 0.604. The van der Waals surface area contributed by atoms with Crippen LogP contribution in [0.15, 0.2) is 90.2 Å². The van der Waals surface area contributed by atoms with Gasteiger partial charge < -0.3 is 24.7 Å². The Labute approximate surface area is 250 Å². The predicted octanol–water partition coefficient (Wildman–Crippen LogP) is 4.85. The van der Waals surface area contributed by atoms with Crippen LogP contribution in [0.1, 0.15) is 11.1 Å². The monoisotopic (exact) mass is 575 g/mol. The van der Waals surface area contributed by atoms with Crippen LogP contribution in [0.25, 0.3) is 24.6 Å². The number of aromatic nitrogens is 1. The number of nitriles is 1. The van der Waals surface area contributed by atoms with Crippen LogP contribution in [0.2, 0.25) is 0 Å². The van der Waals surface area contributed by atoms with Gasteiger partial charge in [0, 0.05) is 67.1 Å². The number of pyridine rings is 1. The third kappa shape index (κ3) is 6.30. The summed E-state index contributed by atoms with van der Waals surface area (Å²) in [7, 11) is 8.03. The van der Waals surface area contributed by atoms with E-state index in [-0.39, 0.29) is 16.0 Å². The van der Waals surface area contributed by atoms with Crippen molar-refractivity contribution in [2.24, 2.45) is 0 Å². The Morgan fingerprint density at radius 3 is 1.72 bits per heavy atom. The Morgan fingerprint density at radius 2 is 1.30 bits per heavy atom. The average molecular weight is 576 g/mol. The molecule has 0 fully saturated rings. The number of rotatable bonds is 9. The molecule has 218 valence electrons. The van der Waals surface area contributed by atoms with Gasteiger partial charge in [-0.15, -0.1) is 0 Å². The molecule has 0 atom stereocenters. The molecule has 9 nitrogen and oxygen atoms in total. The first kappa shape index (κ1) is 30.2. The molecule has 43 heavy (non-hydrogen) atoms. The summed E-state index contributed by atoms with van der Waals surface area (Å²) in [6.07, 6.45) is 4.92. The van der Waals surface area contributed by atoms with E-state index in [1.165, 1.54) is 6.08 Å². The lowest BCUT2D eigenvalue weighted by Crippen LogP contribution is -2.45. The number of benzene rings is 3. The van der Waals surface area contributed by atoms with Crippen LogP contribution >= 0.6 is 0 Å². The van der Waals surface area contributed by atoms with E-state index in [1.54, 1.807) is 12.2 Å². The van der Waals surface area contributed by atoms with E-state index < -0.39 is 17.3 Å². The van der Waals surface area contributed by atoms with Crippen molar-refractivity contribution in [3.63, 3.8) is 0 Å². The Balaban J connectivity index is 1.72. The number of aromatic hydroxyl groups is 1.